The summed E-state index contributed by atoms with van der Waals surface area (Å²) in [5.74, 6) is -0.0562. The quantitative estimate of drug-likeness (QED) is 0.812. The molecule has 1 fully saturated rings. The van der Waals surface area contributed by atoms with Crippen LogP contribution in [0.15, 0.2) is 12.1 Å². The van der Waals surface area contributed by atoms with Crippen LogP contribution in [0, 0.1) is 13.8 Å². The summed E-state index contributed by atoms with van der Waals surface area (Å²) in [4.78, 5) is 25.6. The van der Waals surface area contributed by atoms with Crippen LogP contribution in [0.25, 0.3) is 0 Å². The number of hydrogen-bond donors (Lipinski definition) is 2. The molecule has 1 aromatic rings. The molecule has 114 valence electrons. The van der Waals surface area contributed by atoms with Crippen LogP contribution in [0.1, 0.15) is 41.3 Å². The third kappa shape index (κ3) is 3.54. The van der Waals surface area contributed by atoms with Crippen LogP contribution in [-0.2, 0) is 4.79 Å². The van der Waals surface area contributed by atoms with Crippen molar-refractivity contribution in [3.63, 3.8) is 0 Å². The molecule has 1 heterocycles. The lowest BCUT2D eigenvalue weighted by Gasteiger charge is -2.33. The minimum atomic E-state index is -0.0509. The largest absolute Gasteiger partial charge is 0.398 e. The monoisotopic (exact) mass is 289 g/mol. The molecule has 0 aliphatic carbocycles. The second-order valence-corrected chi connectivity index (χ2v) is 5.81. The van der Waals surface area contributed by atoms with Gasteiger partial charge in [-0.3, -0.25) is 9.59 Å². The Morgan fingerprint density at radius 1 is 1.29 bits per heavy atom. The minimum absolute atomic E-state index is 0.00532. The topological polar surface area (TPSA) is 75.4 Å². The van der Waals surface area contributed by atoms with E-state index in [2.05, 4.69) is 5.32 Å². The van der Waals surface area contributed by atoms with Crippen molar-refractivity contribution >= 4 is 17.5 Å². The Morgan fingerprint density at radius 2 is 2.00 bits per heavy atom. The number of aryl methyl sites for hydroxylation is 2. The Balaban J connectivity index is 2.16. The van der Waals surface area contributed by atoms with Crippen molar-refractivity contribution in [2.24, 2.45) is 0 Å². The van der Waals surface area contributed by atoms with Crippen molar-refractivity contribution in [1.29, 1.82) is 0 Å². The number of carbonyl (C=O) groups excluding carboxylic acids is 2. The van der Waals surface area contributed by atoms with Gasteiger partial charge in [0.15, 0.2) is 0 Å². The average molecular weight is 289 g/mol. The zero-order chi connectivity index (χ0) is 15.6. The van der Waals surface area contributed by atoms with E-state index in [1.54, 1.807) is 11.0 Å². The molecule has 0 aromatic heterocycles. The van der Waals surface area contributed by atoms with E-state index in [4.69, 9.17) is 5.73 Å². The number of nitrogen functional groups attached to an aromatic ring is 1. The van der Waals surface area contributed by atoms with Gasteiger partial charge in [-0.25, -0.2) is 0 Å². The molecule has 5 nitrogen and oxygen atoms in total. The Morgan fingerprint density at radius 3 is 2.67 bits per heavy atom. The van der Waals surface area contributed by atoms with Gasteiger partial charge in [-0.05, 0) is 43.9 Å². The normalized spacial score (nSPS) is 18.4. The molecule has 0 saturated carbocycles. The van der Waals surface area contributed by atoms with Crippen LogP contribution in [-0.4, -0.2) is 35.8 Å². The van der Waals surface area contributed by atoms with Crippen LogP contribution in [0.2, 0.25) is 0 Å². The number of likely N-dealkylation sites (tertiary alicyclic amines) is 1. The van der Waals surface area contributed by atoms with Gasteiger partial charge in [0.25, 0.3) is 5.91 Å². The number of hydrogen-bond acceptors (Lipinski definition) is 3. The van der Waals surface area contributed by atoms with E-state index >= 15 is 0 Å². The molecule has 0 spiro atoms. The van der Waals surface area contributed by atoms with Crippen molar-refractivity contribution < 1.29 is 9.59 Å². The maximum atomic E-state index is 12.7. The number of amides is 2. The van der Waals surface area contributed by atoms with Crippen LogP contribution in [0.4, 0.5) is 5.69 Å². The fourth-order valence-electron chi connectivity index (χ4n) is 2.84. The first-order valence-corrected chi connectivity index (χ1v) is 7.31. The Labute approximate surface area is 125 Å². The lowest BCUT2D eigenvalue weighted by atomic mass is 10.00. The maximum Gasteiger partial charge on any atom is 0.254 e. The molecule has 1 aromatic carbocycles. The summed E-state index contributed by atoms with van der Waals surface area (Å²) in [7, 11) is 0. The van der Waals surface area contributed by atoms with Gasteiger partial charge in [0.05, 0.1) is 0 Å². The molecule has 1 atom stereocenters. The first-order valence-electron chi connectivity index (χ1n) is 7.31. The number of benzene rings is 1. The summed E-state index contributed by atoms with van der Waals surface area (Å²) in [6.07, 6.45) is 1.81. The van der Waals surface area contributed by atoms with E-state index in [1.165, 1.54) is 6.92 Å². The van der Waals surface area contributed by atoms with E-state index < -0.39 is 0 Å². The third-order valence-electron chi connectivity index (χ3n) is 3.96. The molecule has 1 aliphatic heterocycles. The van der Waals surface area contributed by atoms with Crippen molar-refractivity contribution in [2.75, 3.05) is 18.8 Å². The standard InChI is InChI=1S/C16H23N3O2/c1-10-7-11(2)15(17)8-14(10)16(21)19-6-4-5-13(9-19)18-12(3)20/h7-8,13H,4-6,9,17H2,1-3H3,(H,18,20). The van der Waals surface area contributed by atoms with Crippen LogP contribution in [0.5, 0.6) is 0 Å². The predicted octanol–water partition coefficient (Wildman–Crippen LogP) is 1.63. The molecule has 21 heavy (non-hydrogen) atoms. The van der Waals surface area contributed by atoms with E-state index in [0.29, 0.717) is 17.8 Å². The van der Waals surface area contributed by atoms with Crippen LogP contribution < -0.4 is 11.1 Å². The van der Waals surface area contributed by atoms with Gasteiger partial charge >= 0.3 is 0 Å². The fraction of sp³-hybridized carbons (Fsp3) is 0.500. The Kier molecular flexibility index (Phi) is 4.50. The van der Waals surface area contributed by atoms with Crippen LogP contribution >= 0.6 is 0 Å². The number of carbonyl (C=O) groups is 2. The fourth-order valence-corrected chi connectivity index (χ4v) is 2.84. The summed E-state index contributed by atoms with van der Waals surface area (Å²) in [5, 5.41) is 2.90. The first-order chi connectivity index (χ1) is 9.88. The highest BCUT2D eigenvalue weighted by Gasteiger charge is 2.25. The minimum Gasteiger partial charge on any atom is -0.398 e. The highest BCUT2D eigenvalue weighted by atomic mass is 16.2. The molecular formula is C16H23N3O2. The smallest absolute Gasteiger partial charge is 0.254 e. The lowest BCUT2D eigenvalue weighted by Crippen LogP contribution is -2.49. The summed E-state index contributed by atoms with van der Waals surface area (Å²) in [6, 6.07) is 3.75. The molecule has 2 rings (SSSR count). The highest BCUT2D eigenvalue weighted by Crippen LogP contribution is 2.21. The second-order valence-electron chi connectivity index (χ2n) is 5.81. The van der Waals surface area contributed by atoms with E-state index in [9.17, 15) is 9.59 Å². The third-order valence-corrected chi connectivity index (χ3v) is 3.96. The van der Waals surface area contributed by atoms with Crippen molar-refractivity contribution in [2.45, 2.75) is 39.7 Å². The molecule has 3 N–H and O–H groups in total. The molecule has 1 saturated heterocycles. The first kappa shape index (κ1) is 15.4. The summed E-state index contributed by atoms with van der Waals surface area (Å²) in [5.41, 5.74) is 9.14. The highest BCUT2D eigenvalue weighted by molar-refractivity contribution is 5.97. The van der Waals surface area contributed by atoms with Gasteiger partial charge < -0.3 is 16.0 Å². The van der Waals surface area contributed by atoms with Gasteiger partial charge in [-0.15, -0.1) is 0 Å². The van der Waals surface area contributed by atoms with E-state index in [-0.39, 0.29) is 17.9 Å². The number of piperidine rings is 1. The molecule has 1 unspecified atom stereocenters. The van der Waals surface area contributed by atoms with Gasteiger partial charge in [-0.2, -0.15) is 0 Å². The Hall–Kier alpha value is -2.04. The van der Waals surface area contributed by atoms with Gasteiger partial charge in [-0.1, -0.05) is 6.07 Å². The number of rotatable bonds is 2. The van der Waals surface area contributed by atoms with E-state index in [0.717, 1.165) is 30.5 Å². The van der Waals surface area contributed by atoms with Crippen molar-refractivity contribution in [1.82, 2.24) is 10.2 Å². The summed E-state index contributed by atoms with van der Waals surface area (Å²) >= 11 is 0. The summed E-state index contributed by atoms with van der Waals surface area (Å²) < 4.78 is 0. The van der Waals surface area contributed by atoms with Crippen molar-refractivity contribution in [3.8, 4) is 0 Å². The molecule has 1 aliphatic rings. The number of anilines is 1. The molecule has 5 heteroatoms. The maximum absolute atomic E-state index is 12.7. The lowest BCUT2D eigenvalue weighted by molar-refractivity contribution is -0.120. The van der Waals surface area contributed by atoms with E-state index in [1.807, 2.05) is 19.9 Å². The molecule has 0 radical (unpaired) electrons. The number of nitrogens with one attached hydrogen (secondary N) is 1. The van der Waals surface area contributed by atoms with Crippen LogP contribution in [0.3, 0.4) is 0 Å². The second kappa shape index (κ2) is 6.16. The predicted molar refractivity (Wildman–Crippen MR) is 83.1 cm³/mol. The number of nitrogens with two attached hydrogens (primary N) is 1. The zero-order valence-corrected chi connectivity index (χ0v) is 12.9. The average Bonchev–Trinajstić information content (AvgIpc) is 2.41. The van der Waals surface area contributed by atoms with Crippen molar-refractivity contribution in [3.05, 3.63) is 28.8 Å². The molecular weight excluding hydrogens is 266 g/mol. The zero-order valence-electron chi connectivity index (χ0n) is 12.9. The van der Waals surface area contributed by atoms with Gasteiger partial charge in [0, 0.05) is 37.3 Å². The summed E-state index contributed by atoms with van der Waals surface area (Å²) in [6.45, 7) is 6.65. The molecule has 2 amide bonds. The SMILES string of the molecule is CC(=O)NC1CCCN(C(=O)c2cc(N)c(C)cc2C)C1. The molecule has 0 bridgehead atoms. The number of nitrogens with zero attached hydrogens (tertiary/aromatic N) is 1. The van der Waals surface area contributed by atoms with Gasteiger partial charge in [0.2, 0.25) is 5.91 Å². The Bertz CT molecular complexity index is 569. The van der Waals surface area contributed by atoms with Gasteiger partial charge in [0.1, 0.15) is 0 Å².